The van der Waals surface area contributed by atoms with Gasteiger partial charge in [0.2, 0.25) is 6.29 Å². The van der Waals surface area contributed by atoms with Crippen LogP contribution in [-0.2, 0) is 59.6 Å². The minimum Gasteiger partial charge on any atom is -0.432 e. The third-order valence-electron chi connectivity index (χ3n) is 8.68. The lowest BCUT2D eigenvalue weighted by Crippen LogP contribution is -2.62. The van der Waals surface area contributed by atoms with Crippen LogP contribution in [0, 0.1) is 5.92 Å². The number of hydrogen-bond donors (Lipinski definition) is 0. The Morgan fingerprint density at radius 2 is 0.980 bits per heavy atom. The molecule has 5 atom stereocenters. The molecule has 1 fully saturated rings. The number of rotatable bonds is 19. The molecule has 1 aliphatic heterocycles. The van der Waals surface area contributed by atoms with Crippen molar-refractivity contribution < 1.29 is 33.2 Å². The first-order chi connectivity index (χ1) is 24.1. The van der Waals surface area contributed by atoms with Gasteiger partial charge in [0.1, 0.15) is 24.4 Å². The molecule has 0 bridgehead atoms. The summed E-state index contributed by atoms with van der Waals surface area (Å²) in [6, 6.07) is 40.0. The molecule has 7 heteroatoms. The highest BCUT2D eigenvalue weighted by Gasteiger charge is 2.50. The van der Waals surface area contributed by atoms with Gasteiger partial charge < -0.3 is 28.4 Å². The number of ether oxygens (including phenoxy) is 6. The van der Waals surface area contributed by atoms with Crippen LogP contribution in [0.3, 0.4) is 0 Å². The summed E-state index contributed by atoms with van der Waals surface area (Å²) in [6.45, 7) is 5.69. The molecule has 7 nitrogen and oxygen atoms in total. The van der Waals surface area contributed by atoms with Crippen LogP contribution < -0.4 is 0 Å². The van der Waals surface area contributed by atoms with Gasteiger partial charge in [-0.1, -0.05) is 148 Å². The maximum Gasteiger partial charge on any atom is 0.311 e. The van der Waals surface area contributed by atoms with Crippen LogP contribution in [-0.4, -0.2) is 43.3 Å². The maximum absolute atomic E-state index is 13.7. The topological polar surface area (TPSA) is 72.5 Å². The van der Waals surface area contributed by atoms with Crippen molar-refractivity contribution in [3.63, 3.8) is 0 Å². The molecule has 5 rings (SSSR count). The van der Waals surface area contributed by atoms with E-state index in [0.29, 0.717) is 19.8 Å². The van der Waals surface area contributed by atoms with Gasteiger partial charge in [0.05, 0.1) is 39.0 Å². The van der Waals surface area contributed by atoms with Crippen LogP contribution in [0.1, 0.15) is 61.8 Å². The number of esters is 1. The SMILES string of the molecule is CCCC(CCC)C(=O)O[C@@H]1OC(COCc2ccccc2)[C@@H](OCc2ccccc2)[C@H](OCc2ccccc2)[C@H]1OCc1ccccc1. The van der Waals surface area contributed by atoms with Gasteiger partial charge in [-0.25, -0.2) is 0 Å². The third kappa shape index (κ3) is 11.3. The molecule has 0 aliphatic carbocycles. The fourth-order valence-electron chi connectivity index (χ4n) is 6.13. The van der Waals surface area contributed by atoms with Gasteiger partial charge in [-0.2, -0.15) is 0 Å². The van der Waals surface area contributed by atoms with E-state index in [-0.39, 0.29) is 25.1 Å². The van der Waals surface area contributed by atoms with Gasteiger partial charge in [0, 0.05) is 0 Å². The Balaban J connectivity index is 1.47. The summed E-state index contributed by atoms with van der Waals surface area (Å²) in [4.78, 5) is 13.7. The number of benzene rings is 4. The molecule has 0 spiro atoms. The molecular formula is C42H50O7. The van der Waals surface area contributed by atoms with Crippen molar-refractivity contribution in [2.45, 2.75) is 96.7 Å². The van der Waals surface area contributed by atoms with Gasteiger partial charge in [0.15, 0.2) is 0 Å². The van der Waals surface area contributed by atoms with E-state index in [1.807, 2.05) is 121 Å². The average molecular weight is 667 g/mol. The zero-order valence-corrected chi connectivity index (χ0v) is 28.7. The fourth-order valence-corrected chi connectivity index (χ4v) is 6.13. The second-order valence-electron chi connectivity index (χ2n) is 12.5. The molecule has 1 unspecified atom stereocenters. The summed E-state index contributed by atoms with van der Waals surface area (Å²) < 4.78 is 39.3. The van der Waals surface area contributed by atoms with E-state index < -0.39 is 30.7 Å². The molecule has 1 heterocycles. The van der Waals surface area contributed by atoms with Crippen molar-refractivity contribution in [2.75, 3.05) is 6.61 Å². The molecule has 260 valence electrons. The summed E-state index contributed by atoms with van der Waals surface area (Å²) in [5.74, 6) is -0.506. The van der Waals surface area contributed by atoms with E-state index in [2.05, 4.69) is 13.8 Å². The van der Waals surface area contributed by atoms with Crippen LogP contribution in [0.15, 0.2) is 121 Å². The van der Waals surface area contributed by atoms with Crippen molar-refractivity contribution in [1.82, 2.24) is 0 Å². The molecule has 0 aromatic heterocycles. The van der Waals surface area contributed by atoms with E-state index >= 15 is 0 Å². The fraction of sp³-hybridized carbons (Fsp3) is 0.405. The lowest BCUT2D eigenvalue weighted by atomic mass is 9.96. The zero-order valence-electron chi connectivity index (χ0n) is 28.7. The Bertz CT molecular complexity index is 1460. The predicted molar refractivity (Wildman–Crippen MR) is 189 cm³/mol. The van der Waals surface area contributed by atoms with Crippen LogP contribution >= 0.6 is 0 Å². The Kier molecular flexibility index (Phi) is 14.9. The van der Waals surface area contributed by atoms with E-state index in [0.717, 1.165) is 47.9 Å². The summed E-state index contributed by atoms with van der Waals surface area (Å²) in [5.41, 5.74) is 4.06. The lowest BCUT2D eigenvalue weighted by molar-refractivity contribution is -0.321. The molecule has 0 saturated carbocycles. The van der Waals surface area contributed by atoms with Gasteiger partial charge in [-0.05, 0) is 35.1 Å². The van der Waals surface area contributed by atoms with Gasteiger partial charge >= 0.3 is 5.97 Å². The molecule has 0 amide bonds. The summed E-state index contributed by atoms with van der Waals surface area (Å²) in [6.07, 6.45) is -0.417. The molecule has 49 heavy (non-hydrogen) atoms. The minimum atomic E-state index is -1.03. The second kappa shape index (κ2) is 20.0. The standard InChI is InChI=1S/C42H50O7/c1-3-17-36(18-4-2)41(43)49-42-40(47-30-35-25-15-8-16-26-35)39(46-29-34-23-13-7-14-24-34)38(45-28-33-21-11-6-12-22-33)37(48-42)31-44-27-32-19-9-5-10-20-32/h5-16,19-26,36-40,42H,3-4,17-18,27-31H2,1-2H3/t37?,38-,39+,40-,42+/m1/s1. The number of carbonyl (C=O) groups excluding carboxylic acids is 1. The largest absolute Gasteiger partial charge is 0.432 e. The molecule has 0 radical (unpaired) electrons. The average Bonchev–Trinajstić information content (AvgIpc) is 3.14. The van der Waals surface area contributed by atoms with Crippen molar-refractivity contribution in [2.24, 2.45) is 5.92 Å². The highest BCUT2D eigenvalue weighted by molar-refractivity contribution is 5.72. The highest BCUT2D eigenvalue weighted by atomic mass is 16.7. The van der Waals surface area contributed by atoms with E-state index in [1.54, 1.807) is 0 Å². The molecule has 1 aliphatic rings. The van der Waals surface area contributed by atoms with Crippen LogP contribution in [0.4, 0.5) is 0 Å². The molecule has 1 saturated heterocycles. The second-order valence-corrected chi connectivity index (χ2v) is 12.5. The Morgan fingerprint density at radius 1 is 0.571 bits per heavy atom. The number of carbonyl (C=O) groups is 1. The van der Waals surface area contributed by atoms with Gasteiger partial charge in [-0.15, -0.1) is 0 Å². The predicted octanol–water partition coefficient (Wildman–Crippen LogP) is 8.44. The van der Waals surface area contributed by atoms with E-state index in [4.69, 9.17) is 28.4 Å². The first kappa shape index (κ1) is 36.4. The smallest absolute Gasteiger partial charge is 0.311 e. The third-order valence-corrected chi connectivity index (χ3v) is 8.68. The first-order valence-electron chi connectivity index (χ1n) is 17.6. The Hall–Kier alpha value is -3.85. The van der Waals surface area contributed by atoms with Crippen molar-refractivity contribution >= 4 is 5.97 Å². The highest BCUT2D eigenvalue weighted by Crippen LogP contribution is 2.32. The summed E-state index contributed by atoms with van der Waals surface area (Å²) in [5, 5.41) is 0. The Morgan fingerprint density at radius 3 is 1.43 bits per heavy atom. The monoisotopic (exact) mass is 666 g/mol. The van der Waals surface area contributed by atoms with Gasteiger partial charge in [0.25, 0.3) is 0 Å². The normalized spacial score (nSPS) is 20.7. The van der Waals surface area contributed by atoms with Crippen molar-refractivity contribution in [3.05, 3.63) is 144 Å². The zero-order chi connectivity index (χ0) is 34.1. The quantitative estimate of drug-likeness (QED) is 0.0931. The van der Waals surface area contributed by atoms with Crippen LogP contribution in [0.5, 0.6) is 0 Å². The van der Waals surface area contributed by atoms with E-state index in [1.165, 1.54) is 0 Å². The number of hydrogen-bond acceptors (Lipinski definition) is 7. The Labute approximate surface area is 291 Å². The van der Waals surface area contributed by atoms with Gasteiger partial charge in [-0.3, -0.25) is 4.79 Å². The van der Waals surface area contributed by atoms with Crippen molar-refractivity contribution in [1.29, 1.82) is 0 Å². The minimum absolute atomic E-state index is 0.201. The molecular weight excluding hydrogens is 616 g/mol. The van der Waals surface area contributed by atoms with Crippen LogP contribution in [0.25, 0.3) is 0 Å². The summed E-state index contributed by atoms with van der Waals surface area (Å²) >= 11 is 0. The van der Waals surface area contributed by atoms with E-state index in [9.17, 15) is 4.79 Å². The lowest BCUT2D eigenvalue weighted by Gasteiger charge is -2.45. The molecule has 4 aromatic rings. The maximum atomic E-state index is 13.7. The van der Waals surface area contributed by atoms with Crippen molar-refractivity contribution in [3.8, 4) is 0 Å². The van der Waals surface area contributed by atoms with Crippen LogP contribution in [0.2, 0.25) is 0 Å². The molecule has 4 aromatic carbocycles. The first-order valence-corrected chi connectivity index (χ1v) is 17.6. The molecule has 0 N–H and O–H groups in total. The summed E-state index contributed by atoms with van der Waals surface area (Å²) in [7, 11) is 0.